The highest BCUT2D eigenvalue weighted by molar-refractivity contribution is 6.15. The number of anilines is 1. The molecule has 0 atom stereocenters. The van der Waals surface area contributed by atoms with Crippen molar-refractivity contribution in [1.29, 1.82) is 0 Å². The van der Waals surface area contributed by atoms with Crippen molar-refractivity contribution in [2.45, 2.75) is 20.8 Å². The molecule has 1 rings (SSSR count). The molecule has 0 fully saturated rings. The lowest BCUT2D eigenvalue weighted by molar-refractivity contribution is -0.146. The van der Waals surface area contributed by atoms with Gasteiger partial charge in [0.1, 0.15) is 5.82 Å². The molecule has 0 aliphatic heterocycles. The minimum atomic E-state index is -0.716. The fourth-order valence-electron chi connectivity index (χ4n) is 1.49. The first-order valence-electron chi connectivity index (χ1n) is 6.33. The molecule has 1 heterocycles. The number of nitrogens with one attached hydrogen (secondary N) is 1. The molecule has 0 aliphatic rings. The second-order valence-corrected chi connectivity index (χ2v) is 3.78. The Bertz CT molecular complexity index is 477. The minimum absolute atomic E-state index is 0.153. The molecule has 0 amide bonds. The zero-order valence-corrected chi connectivity index (χ0v) is 11.8. The Kier molecular flexibility index (Phi) is 6.22. The van der Waals surface area contributed by atoms with Crippen LogP contribution in [-0.4, -0.2) is 30.1 Å². The van der Waals surface area contributed by atoms with Crippen molar-refractivity contribution < 1.29 is 19.1 Å². The summed E-state index contributed by atoms with van der Waals surface area (Å²) in [6, 6.07) is 5.27. The summed E-state index contributed by atoms with van der Waals surface area (Å²) in [7, 11) is 0. The number of carbonyl (C=O) groups excluding carboxylic acids is 2. The van der Waals surface area contributed by atoms with E-state index < -0.39 is 11.9 Å². The van der Waals surface area contributed by atoms with Crippen molar-refractivity contribution in [3.05, 3.63) is 35.7 Å². The minimum Gasteiger partial charge on any atom is -0.462 e. The second-order valence-electron chi connectivity index (χ2n) is 3.78. The summed E-state index contributed by atoms with van der Waals surface area (Å²) in [4.78, 5) is 27.8. The summed E-state index contributed by atoms with van der Waals surface area (Å²) in [5.74, 6) is -0.908. The fourth-order valence-corrected chi connectivity index (χ4v) is 1.49. The highest BCUT2D eigenvalue weighted by atomic mass is 16.6. The standard InChI is InChI=1S/C14H18N2O4/c1-4-19-13(17)12(14(18)20-5-2)10(3)16-11-8-6-7-9-15-11/h6-9H,4-5H2,1-3H3,(H,15,16). The molecule has 1 aromatic heterocycles. The molecule has 6 nitrogen and oxygen atoms in total. The maximum atomic E-state index is 11.8. The van der Waals surface area contributed by atoms with E-state index in [1.807, 2.05) is 0 Å². The van der Waals surface area contributed by atoms with Gasteiger partial charge in [-0.1, -0.05) is 6.07 Å². The summed E-state index contributed by atoms with van der Waals surface area (Å²) in [5.41, 5.74) is 0.181. The van der Waals surface area contributed by atoms with E-state index in [1.165, 1.54) is 0 Å². The number of rotatable bonds is 6. The summed E-state index contributed by atoms with van der Waals surface area (Å²) < 4.78 is 9.74. The lowest BCUT2D eigenvalue weighted by Crippen LogP contribution is -2.22. The Morgan fingerprint density at radius 1 is 1.15 bits per heavy atom. The molecular formula is C14H18N2O4. The fraction of sp³-hybridized carbons (Fsp3) is 0.357. The van der Waals surface area contributed by atoms with Crippen molar-refractivity contribution in [2.24, 2.45) is 0 Å². The topological polar surface area (TPSA) is 77.5 Å². The van der Waals surface area contributed by atoms with E-state index >= 15 is 0 Å². The maximum Gasteiger partial charge on any atom is 0.347 e. The summed E-state index contributed by atoms with van der Waals surface area (Å²) >= 11 is 0. The lowest BCUT2D eigenvalue weighted by atomic mass is 10.2. The van der Waals surface area contributed by atoms with E-state index in [2.05, 4.69) is 10.3 Å². The smallest absolute Gasteiger partial charge is 0.347 e. The summed E-state index contributed by atoms with van der Waals surface area (Å²) in [5, 5.41) is 2.89. The Morgan fingerprint density at radius 2 is 1.75 bits per heavy atom. The third kappa shape index (κ3) is 4.38. The van der Waals surface area contributed by atoms with Gasteiger partial charge in [-0.05, 0) is 32.9 Å². The van der Waals surface area contributed by atoms with Crippen LogP contribution >= 0.6 is 0 Å². The quantitative estimate of drug-likeness (QED) is 0.370. The molecule has 1 aromatic rings. The van der Waals surface area contributed by atoms with Crippen LogP contribution in [0.25, 0.3) is 0 Å². The Morgan fingerprint density at radius 3 is 2.20 bits per heavy atom. The Balaban J connectivity index is 3.02. The molecule has 1 N–H and O–H groups in total. The van der Waals surface area contributed by atoms with Gasteiger partial charge in [0, 0.05) is 11.9 Å². The predicted octanol–water partition coefficient (Wildman–Crippen LogP) is 1.89. The van der Waals surface area contributed by atoms with Crippen LogP contribution in [0.1, 0.15) is 20.8 Å². The van der Waals surface area contributed by atoms with Gasteiger partial charge in [0.2, 0.25) is 0 Å². The maximum absolute atomic E-state index is 11.8. The SMILES string of the molecule is CCOC(=O)C(C(=O)OCC)=C(C)Nc1ccccn1. The van der Waals surface area contributed by atoms with E-state index in [0.29, 0.717) is 11.5 Å². The first-order valence-corrected chi connectivity index (χ1v) is 6.33. The van der Waals surface area contributed by atoms with E-state index in [4.69, 9.17) is 9.47 Å². The van der Waals surface area contributed by atoms with Crippen molar-refractivity contribution in [3.8, 4) is 0 Å². The van der Waals surface area contributed by atoms with Gasteiger partial charge in [-0.25, -0.2) is 14.6 Å². The predicted molar refractivity (Wildman–Crippen MR) is 73.8 cm³/mol. The van der Waals surface area contributed by atoms with Crippen molar-refractivity contribution in [1.82, 2.24) is 4.98 Å². The molecule has 0 radical (unpaired) electrons. The third-order valence-corrected chi connectivity index (χ3v) is 2.31. The summed E-state index contributed by atoms with van der Waals surface area (Å²) in [6.07, 6.45) is 1.60. The number of esters is 2. The zero-order valence-electron chi connectivity index (χ0n) is 11.8. The highest BCUT2D eigenvalue weighted by Gasteiger charge is 2.24. The lowest BCUT2D eigenvalue weighted by Gasteiger charge is -2.11. The van der Waals surface area contributed by atoms with Gasteiger partial charge < -0.3 is 14.8 Å². The normalized spacial score (nSPS) is 9.55. The van der Waals surface area contributed by atoms with Gasteiger partial charge in [-0.2, -0.15) is 0 Å². The molecule has 0 aliphatic carbocycles. The number of ether oxygens (including phenoxy) is 2. The first kappa shape index (κ1) is 15.7. The van der Waals surface area contributed by atoms with Crippen LogP contribution in [0.2, 0.25) is 0 Å². The molecule has 0 aromatic carbocycles. The van der Waals surface area contributed by atoms with Gasteiger partial charge in [-0.15, -0.1) is 0 Å². The Hall–Kier alpha value is -2.37. The molecular weight excluding hydrogens is 260 g/mol. The number of carbonyl (C=O) groups is 2. The van der Waals surface area contributed by atoms with Crippen LogP contribution in [0.3, 0.4) is 0 Å². The molecule has 6 heteroatoms. The number of aromatic nitrogens is 1. The largest absolute Gasteiger partial charge is 0.462 e. The number of allylic oxidation sites excluding steroid dienone is 1. The van der Waals surface area contributed by atoms with Crippen LogP contribution in [0, 0.1) is 0 Å². The molecule has 0 saturated heterocycles. The Labute approximate surface area is 117 Å². The average molecular weight is 278 g/mol. The molecule has 0 saturated carbocycles. The van der Waals surface area contributed by atoms with Crippen LogP contribution in [0.5, 0.6) is 0 Å². The van der Waals surface area contributed by atoms with Crippen molar-refractivity contribution in [2.75, 3.05) is 18.5 Å². The third-order valence-electron chi connectivity index (χ3n) is 2.31. The number of nitrogens with zero attached hydrogens (tertiary/aromatic N) is 1. The number of hydrogen-bond acceptors (Lipinski definition) is 6. The molecule has 0 spiro atoms. The monoisotopic (exact) mass is 278 g/mol. The van der Waals surface area contributed by atoms with E-state index in [1.54, 1.807) is 45.2 Å². The zero-order chi connectivity index (χ0) is 15.0. The first-order chi connectivity index (χ1) is 9.60. The van der Waals surface area contributed by atoms with Crippen molar-refractivity contribution >= 4 is 17.8 Å². The van der Waals surface area contributed by atoms with Crippen LogP contribution in [-0.2, 0) is 19.1 Å². The van der Waals surface area contributed by atoms with Gasteiger partial charge in [0.25, 0.3) is 0 Å². The summed E-state index contributed by atoms with van der Waals surface area (Å²) in [6.45, 7) is 5.29. The average Bonchev–Trinajstić information content (AvgIpc) is 2.40. The molecule has 0 bridgehead atoms. The highest BCUT2D eigenvalue weighted by Crippen LogP contribution is 2.12. The van der Waals surface area contributed by atoms with Gasteiger partial charge in [-0.3, -0.25) is 0 Å². The molecule has 108 valence electrons. The van der Waals surface area contributed by atoms with Gasteiger partial charge in [0.05, 0.1) is 13.2 Å². The molecule has 20 heavy (non-hydrogen) atoms. The number of hydrogen-bond donors (Lipinski definition) is 1. The molecule has 0 unspecified atom stereocenters. The van der Waals surface area contributed by atoms with Gasteiger partial charge in [0.15, 0.2) is 5.57 Å². The van der Waals surface area contributed by atoms with E-state index in [0.717, 1.165) is 0 Å². The van der Waals surface area contributed by atoms with Crippen LogP contribution < -0.4 is 5.32 Å². The van der Waals surface area contributed by atoms with E-state index in [9.17, 15) is 9.59 Å². The van der Waals surface area contributed by atoms with E-state index in [-0.39, 0.29) is 18.8 Å². The second kappa shape index (κ2) is 7.93. The van der Waals surface area contributed by atoms with Gasteiger partial charge >= 0.3 is 11.9 Å². The number of pyridine rings is 1. The van der Waals surface area contributed by atoms with Crippen LogP contribution in [0.15, 0.2) is 35.7 Å². The van der Waals surface area contributed by atoms with Crippen molar-refractivity contribution in [3.63, 3.8) is 0 Å². The van der Waals surface area contributed by atoms with Crippen LogP contribution in [0.4, 0.5) is 5.82 Å².